The number of hydrogen-bond acceptors (Lipinski definition) is 2. The lowest BCUT2D eigenvalue weighted by Crippen LogP contribution is -2.38. The van der Waals surface area contributed by atoms with Crippen LogP contribution in [0, 0.1) is 12.7 Å². The summed E-state index contributed by atoms with van der Waals surface area (Å²) in [5, 5.41) is 19.8. The van der Waals surface area contributed by atoms with E-state index in [1.54, 1.807) is 6.07 Å². The van der Waals surface area contributed by atoms with Crippen molar-refractivity contribution in [2.24, 2.45) is 0 Å². The molecule has 0 fully saturated rings. The first-order valence-corrected chi connectivity index (χ1v) is 7.53. The van der Waals surface area contributed by atoms with Gasteiger partial charge < -0.3 is 10.2 Å². The van der Waals surface area contributed by atoms with Gasteiger partial charge in [0.05, 0.1) is 13.2 Å². The fourth-order valence-corrected chi connectivity index (χ4v) is 3.21. The number of halogens is 2. The summed E-state index contributed by atoms with van der Waals surface area (Å²) in [7, 11) is 0. The summed E-state index contributed by atoms with van der Waals surface area (Å²) in [6, 6.07) is 12.3. The minimum atomic E-state index is -0.821. The van der Waals surface area contributed by atoms with E-state index in [-0.39, 0.29) is 19.0 Å². The minimum absolute atomic E-state index is 0.206. The highest BCUT2D eigenvalue weighted by Crippen LogP contribution is 2.31. The molecule has 0 unspecified atom stereocenters. The van der Waals surface area contributed by atoms with Gasteiger partial charge in [0.2, 0.25) is 0 Å². The first kappa shape index (κ1) is 16.1. The Morgan fingerprint density at radius 3 is 2.33 bits per heavy atom. The van der Waals surface area contributed by atoms with E-state index in [9.17, 15) is 14.6 Å². The molecule has 0 radical (unpaired) electrons. The minimum Gasteiger partial charge on any atom is -0.395 e. The molecular weight excluding hydrogens is 335 g/mol. The van der Waals surface area contributed by atoms with Crippen LogP contribution in [-0.2, 0) is 11.8 Å². The Bertz CT molecular complexity index is 604. The van der Waals surface area contributed by atoms with Gasteiger partial charge >= 0.3 is 0 Å². The standard InChI is InChI=1S/C17H18BrFO2/c1-12-4-2-3-5-16(12)17(10-20,11-21)9-13-6-14(18)8-15(19)7-13/h2-8,20-21H,9-11H2,1H3. The SMILES string of the molecule is Cc1ccccc1C(CO)(CO)Cc1cc(F)cc(Br)c1. The molecule has 4 heteroatoms. The van der Waals surface area contributed by atoms with E-state index in [0.29, 0.717) is 10.9 Å². The summed E-state index contributed by atoms with van der Waals surface area (Å²) in [5.74, 6) is -0.339. The molecule has 2 aromatic carbocycles. The quantitative estimate of drug-likeness (QED) is 0.866. The predicted octanol–water partition coefficient (Wildman–Crippen LogP) is 3.36. The zero-order valence-corrected chi connectivity index (χ0v) is 13.4. The van der Waals surface area contributed by atoms with Gasteiger partial charge in [-0.3, -0.25) is 0 Å². The average Bonchev–Trinajstić information content (AvgIpc) is 2.44. The van der Waals surface area contributed by atoms with Crippen molar-refractivity contribution in [1.82, 2.24) is 0 Å². The fourth-order valence-electron chi connectivity index (χ4n) is 2.70. The Hall–Kier alpha value is -1.23. The van der Waals surface area contributed by atoms with Crippen molar-refractivity contribution in [3.05, 3.63) is 69.4 Å². The molecule has 21 heavy (non-hydrogen) atoms. The predicted molar refractivity (Wildman–Crippen MR) is 84.8 cm³/mol. The second-order valence-corrected chi connectivity index (χ2v) is 6.28. The van der Waals surface area contributed by atoms with Gasteiger partial charge in [-0.15, -0.1) is 0 Å². The number of hydrogen-bond donors (Lipinski definition) is 2. The van der Waals surface area contributed by atoms with Crippen molar-refractivity contribution in [1.29, 1.82) is 0 Å². The average molecular weight is 353 g/mol. The van der Waals surface area contributed by atoms with Crippen LogP contribution in [0.2, 0.25) is 0 Å². The molecule has 0 spiro atoms. The Morgan fingerprint density at radius 1 is 1.10 bits per heavy atom. The Morgan fingerprint density at radius 2 is 1.76 bits per heavy atom. The first-order chi connectivity index (χ1) is 10.0. The molecule has 2 nitrogen and oxygen atoms in total. The monoisotopic (exact) mass is 352 g/mol. The maximum absolute atomic E-state index is 13.5. The van der Waals surface area contributed by atoms with Crippen LogP contribution in [0.4, 0.5) is 4.39 Å². The Balaban J connectivity index is 2.45. The number of aliphatic hydroxyl groups excluding tert-OH is 2. The molecule has 2 rings (SSSR count). The second-order valence-electron chi connectivity index (χ2n) is 5.37. The van der Waals surface area contributed by atoms with Crippen molar-refractivity contribution < 1.29 is 14.6 Å². The molecule has 2 aromatic rings. The van der Waals surface area contributed by atoms with E-state index in [1.165, 1.54) is 12.1 Å². The Labute approximate surface area is 132 Å². The van der Waals surface area contributed by atoms with Crippen molar-refractivity contribution in [2.75, 3.05) is 13.2 Å². The fraction of sp³-hybridized carbons (Fsp3) is 0.294. The lowest BCUT2D eigenvalue weighted by molar-refractivity contribution is 0.115. The van der Waals surface area contributed by atoms with Crippen LogP contribution in [0.25, 0.3) is 0 Å². The molecule has 0 aliphatic heterocycles. The van der Waals surface area contributed by atoms with Crippen molar-refractivity contribution in [3.8, 4) is 0 Å². The molecule has 0 aliphatic carbocycles. The lowest BCUT2D eigenvalue weighted by atomic mass is 9.75. The van der Waals surface area contributed by atoms with Crippen LogP contribution in [0.5, 0.6) is 0 Å². The van der Waals surface area contributed by atoms with Crippen LogP contribution < -0.4 is 0 Å². The molecule has 112 valence electrons. The van der Waals surface area contributed by atoms with E-state index in [1.807, 2.05) is 31.2 Å². The third-order valence-corrected chi connectivity index (χ3v) is 4.24. The molecule has 0 atom stereocenters. The molecule has 0 aromatic heterocycles. The van der Waals surface area contributed by atoms with E-state index in [0.717, 1.165) is 16.7 Å². The van der Waals surface area contributed by atoms with Gasteiger partial charge in [-0.05, 0) is 48.2 Å². The molecular formula is C17H18BrFO2. The molecule has 0 heterocycles. The second kappa shape index (κ2) is 6.69. The maximum Gasteiger partial charge on any atom is 0.124 e. The highest BCUT2D eigenvalue weighted by atomic mass is 79.9. The van der Waals surface area contributed by atoms with E-state index < -0.39 is 5.41 Å². The number of benzene rings is 2. The van der Waals surface area contributed by atoms with Crippen molar-refractivity contribution in [3.63, 3.8) is 0 Å². The zero-order valence-electron chi connectivity index (χ0n) is 11.8. The molecule has 0 saturated carbocycles. The number of aryl methyl sites for hydroxylation is 1. The first-order valence-electron chi connectivity index (χ1n) is 6.73. The van der Waals surface area contributed by atoms with Crippen LogP contribution in [-0.4, -0.2) is 23.4 Å². The van der Waals surface area contributed by atoms with E-state index in [4.69, 9.17) is 0 Å². The van der Waals surface area contributed by atoms with Crippen LogP contribution in [0.1, 0.15) is 16.7 Å². The summed E-state index contributed by atoms with van der Waals surface area (Å²) in [6.07, 6.45) is 0.362. The van der Waals surface area contributed by atoms with Gasteiger partial charge in [0.25, 0.3) is 0 Å². The number of rotatable bonds is 5. The highest BCUT2D eigenvalue weighted by molar-refractivity contribution is 9.10. The zero-order chi connectivity index (χ0) is 15.5. The number of aliphatic hydroxyl groups is 2. The molecule has 0 amide bonds. The summed E-state index contributed by atoms with van der Waals surface area (Å²) >= 11 is 3.27. The van der Waals surface area contributed by atoms with E-state index in [2.05, 4.69) is 15.9 Å². The third kappa shape index (κ3) is 3.51. The normalized spacial score (nSPS) is 11.7. The molecule has 0 bridgehead atoms. The van der Waals surface area contributed by atoms with Gasteiger partial charge in [0, 0.05) is 9.89 Å². The highest BCUT2D eigenvalue weighted by Gasteiger charge is 2.32. The van der Waals surface area contributed by atoms with Crippen molar-refractivity contribution >= 4 is 15.9 Å². The molecule has 0 saturated heterocycles. The molecule has 2 N–H and O–H groups in total. The lowest BCUT2D eigenvalue weighted by Gasteiger charge is -2.32. The smallest absolute Gasteiger partial charge is 0.124 e. The largest absolute Gasteiger partial charge is 0.395 e. The van der Waals surface area contributed by atoms with Gasteiger partial charge in [0.15, 0.2) is 0 Å². The van der Waals surface area contributed by atoms with Gasteiger partial charge in [-0.2, -0.15) is 0 Å². The van der Waals surface area contributed by atoms with Gasteiger partial charge in [0.1, 0.15) is 5.82 Å². The Kier molecular flexibility index (Phi) is 5.14. The third-order valence-electron chi connectivity index (χ3n) is 3.79. The van der Waals surface area contributed by atoms with Crippen LogP contribution in [0.15, 0.2) is 46.9 Å². The van der Waals surface area contributed by atoms with Crippen molar-refractivity contribution in [2.45, 2.75) is 18.8 Å². The summed E-state index contributed by atoms with van der Waals surface area (Å²) in [4.78, 5) is 0. The summed E-state index contributed by atoms with van der Waals surface area (Å²) < 4.78 is 14.2. The van der Waals surface area contributed by atoms with Gasteiger partial charge in [-0.25, -0.2) is 4.39 Å². The van der Waals surface area contributed by atoms with E-state index >= 15 is 0 Å². The topological polar surface area (TPSA) is 40.5 Å². The summed E-state index contributed by atoms with van der Waals surface area (Å²) in [5.41, 5.74) is 1.79. The molecule has 0 aliphatic rings. The van der Waals surface area contributed by atoms with Crippen LogP contribution >= 0.6 is 15.9 Å². The maximum atomic E-state index is 13.5. The van der Waals surface area contributed by atoms with Crippen LogP contribution in [0.3, 0.4) is 0 Å². The summed E-state index contributed by atoms with van der Waals surface area (Å²) in [6.45, 7) is 1.53. The van der Waals surface area contributed by atoms with Gasteiger partial charge in [-0.1, -0.05) is 40.2 Å².